The lowest BCUT2D eigenvalue weighted by molar-refractivity contribution is 0.0479. The lowest BCUT2D eigenvalue weighted by atomic mass is 10.2. The summed E-state index contributed by atoms with van der Waals surface area (Å²) in [6.07, 6.45) is 1.45. The molecule has 0 amide bonds. The van der Waals surface area contributed by atoms with Crippen molar-refractivity contribution in [2.24, 2.45) is 0 Å². The van der Waals surface area contributed by atoms with Gasteiger partial charge in [-0.05, 0) is 42.5 Å². The van der Waals surface area contributed by atoms with E-state index in [-0.39, 0.29) is 16.7 Å². The first-order valence-electron chi connectivity index (χ1n) is 8.39. The van der Waals surface area contributed by atoms with E-state index in [2.05, 4.69) is 4.98 Å². The summed E-state index contributed by atoms with van der Waals surface area (Å²) in [6, 6.07) is 5.43. The molecule has 10 heteroatoms. The summed E-state index contributed by atoms with van der Waals surface area (Å²) in [5.74, 6) is -2.25. The highest BCUT2D eigenvalue weighted by molar-refractivity contribution is 7.20. The fourth-order valence-electron chi connectivity index (χ4n) is 2.92. The van der Waals surface area contributed by atoms with Crippen LogP contribution in [0.2, 0.25) is 0 Å². The molecular formula is C18H14FN3O5S. The van der Waals surface area contributed by atoms with E-state index < -0.39 is 41.0 Å². The molecule has 0 aliphatic heterocycles. The smallest absolute Gasteiger partial charge is 0.348 e. The molecule has 0 unspecified atom stereocenters. The van der Waals surface area contributed by atoms with Crippen LogP contribution in [0.1, 0.15) is 38.9 Å². The minimum Gasteiger partial charge on any atom is -0.453 e. The molecule has 1 aliphatic carbocycles. The monoisotopic (exact) mass is 403 g/mol. The number of nitrogen functional groups attached to an aromatic ring is 1. The van der Waals surface area contributed by atoms with Crippen LogP contribution in [-0.4, -0.2) is 27.9 Å². The second-order valence-electron chi connectivity index (χ2n) is 6.41. The SMILES string of the molecule is Nc1c(C(=O)COC(=O)c2cc3cc(F)ccc3s2)c(=O)[nH]c(=O)n1C1CC1. The fraction of sp³-hybridized carbons (Fsp3) is 0.222. The standard InChI is InChI=1S/C18H14FN3O5S/c19-9-1-4-12-8(5-9)6-13(28-12)17(25)27-7-11(23)14-15(20)22(10-2-3-10)18(26)21-16(14)24/h1,4-6,10H,2-3,7,20H2,(H,21,24,26). The van der Waals surface area contributed by atoms with Crippen LogP contribution in [0.4, 0.5) is 10.2 Å². The van der Waals surface area contributed by atoms with Crippen LogP contribution in [0.3, 0.4) is 0 Å². The molecule has 8 nitrogen and oxygen atoms in total. The zero-order valence-electron chi connectivity index (χ0n) is 14.4. The Balaban J connectivity index is 1.54. The lowest BCUT2D eigenvalue weighted by Crippen LogP contribution is -2.36. The van der Waals surface area contributed by atoms with Gasteiger partial charge in [0, 0.05) is 10.7 Å². The second kappa shape index (κ2) is 6.71. The third-order valence-electron chi connectivity index (χ3n) is 4.39. The molecule has 144 valence electrons. The molecule has 1 aliphatic rings. The number of benzene rings is 1. The van der Waals surface area contributed by atoms with Gasteiger partial charge < -0.3 is 10.5 Å². The van der Waals surface area contributed by atoms with Crippen LogP contribution in [-0.2, 0) is 4.74 Å². The number of aromatic nitrogens is 2. The van der Waals surface area contributed by atoms with Crippen LogP contribution >= 0.6 is 11.3 Å². The number of fused-ring (bicyclic) bond motifs is 1. The molecule has 0 radical (unpaired) electrons. The Morgan fingerprint density at radius 2 is 2.04 bits per heavy atom. The molecule has 2 heterocycles. The van der Waals surface area contributed by atoms with Crippen molar-refractivity contribution < 1.29 is 18.7 Å². The Bertz CT molecular complexity index is 1240. The highest BCUT2D eigenvalue weighted by Crippen LogP contribution is 2.35. The van der Waals surface area contributed by atoms with E-state index in [0.717, 1.165) is 24.2 Å². The maximum Gasteiger partial charge on any atom is 0.348 e. The molecule has 3 aromatic rings. The van der Waals surface area contributed by atoms with Gasteiger partial charge in [-0.1, -0.05) is 0 Å². The van der Waals surface area contributed by atoms with Gasteiger partial charge in [0.05, 0.1) is 0 Å². The Kier molecular flexibility index (Phi) is 4.34. The van der Waals surface area contributed by atoms with Crippen molar-refractivity contribution >= 4 is 39.0 Å². The first-order chi connectivity index (χ1) is 13.3. The summed E-state index contributed by atoms with van der Waals surface area (Å²) >= 11 is 1.09. The highest BCUT2D eigenvalue weighted by Gasteiger charge is 2.30. The number of anilines is 1. The van der Waals surface area contributed by atoms with E-state index in [1.54, 1.807) is 6.07 Å². The summed E-state index contributed by atoms with van der Waals surface area (Å²) in [6.45, 7) is -0.711. The Morgan fingerprint density at radius 1 is 1.29 bits per heavy atom. The number of ketones is 1. The molecule has 1 saturated carbocycles. The van der Waals surface area contributed by atoms with E-state index in [4.69, 9.17) is 10.5 Å². The van der Waals surface area contributed by atoms with Crippen molar-refractivity contribution in [1.82, 2.24) is 9.55 Å². The van der Waals surface area contributed by atoms with Gasteiger partial charge in [0.1, 0.15) is 22.1 Å². The third-order valence-corrected chi connectivity index (χ3v) is 5.48. The number of H-pyrrole nitrogens is 1. The average molecular weight is 403 g/mol. The number of rotatable bonds is 5. The van der Waals surface area contributed by atoms with Gasteiger partial charge >= 0.3 is 11.7 Å². The van der Waals surface area contributed by atoms with Crippen molar-refractivity contribution in [1.29, 1.82) is 0 Å². The number of hydrogen-bond donors (Lipinski definition) is 2. The first-order valence-corrected chi connectivity index (χ1v) is 9.20. The van der Waals surface area contributed by atoms with Crippen LogP contribution in [0, 0.1) is 5.82 Å². The van der Waals surface area contributed by atoms with Gasteiger partial charge in [-0.3, -0.25) is 19.1 Å². The van der Waals surface area contributed by atoms with E-state index in [1.165, 1.54) is 22.8 Å². The van der Waals surface area contributed by atoms with Crippen molar-refractivity contribution in [3.63, 3.8) is 0 Å². The zero-order chi connectivity index (χ0) is 20.0. The second-order valence-corrected chi connectivity index (χ2v) is 7.50. The highest BCUT2D eigenvalue weighted by atomic mass is 32.1. The first kappa shape index (κ1) is 18.1. The minimum absolute atomic E-state index is 0.141. The number of thiophene rings is 1. The Hall–Kier alpha value is -3.27. The van der Waals surface area contributed by atoms with Gasteiger partial charge in [-0.15, -0.1) is 11.3 Å². The number of esters is 1. The quantitative estimate of drug-likeness (QED) is 0.495. The molecule has 0 saturated heterocycles. The van der Waals surface area contributed by atoms with Crippen LogP contribution in [0.25, 0.3) is 10.1 Å². The number of carbonyl (C=O) groups excluding carboxylic acids is 2. The minimum atomic E-state index is -0.919. The number of nitrogens with two attached hydrogens (primary N) is 1. The summed E-state index contributed by atoms with van der Waals surface area (Å²) < 4.78 is 20.1. The van der Waals surface area contributed by atoms with Crippen molar-refractivity contribution in [3.05, 3.63) is 61.4 Å². The van der Waals surface area contributed by atoms with E-state index >= 15 is 0 Å². The van der Waals surface area contributed by atoms with Crippen LogP contribution < -0.4 is 17.0 Å². The molecular weight excluding hydrogens is 389 g/mol. The van der Waals surface area contributed by atoms with Gasteiger partial charge in [-0.2, -0.15) is 0 Å². The van der Waals surface area contributed by atoms with Gasteiger partial charge in [0.15, 0.2) is 6.61 Å². The van der Waals surface area contributed by atoms with Crippen molar-refractivity contribution in [3.8, 4) is 0 Å². The Morgan fingerprint density at radius 3 is 2.75 bits per heavy atom. The summed E-state index contributed by atoms with van der Waals surface area (Å²) in [5.41, 5.74) is 3.86. The maximum absolute atomic E-state index is 13.3. The number of nitrogens with one attached hydrogen (secondary N) is 1. The maximum atomic E-state index is 13.3. The van der Waals surface area contributed by atoms with Crippen molar-refractivity contribution in [2.75, 3.05) is 12.3 Å². The molecule has 0 spiro atoms. The number of carbonyl (C=O) groups is 2. The number of Topliss-reactive ketones (excluding diaryl/α,β-unsaturated/α-hetero) is 1. The number of aromatic amines is 1. The molecule has 4 rings (SSSR count). The Labute approximate surface area is 160 Å². The molecule has 1 aromatic carbocycles. The summed E-state index contributed by atoms with van der Waals surface area (Å²) in [4.78, 5) is 50.8. The molecule has 3 N–H and O–H groups in total. The van der Waals surface area contributed by atoms with Gasteiger partial charge in [0.25, 0.3) is 5.56 Å². The van der Waals surface area contributed by atoms with Gasteiger partial charge in [0.2, 0.25) is 5.78 Å². The van der Waals surface area contributed by atoms with Crippen LogP contribution in [0.15, 0.2) is 33.9 Å². The van der Waals surface area contributed by atoms with E-state index in [0.29, 0.717) is 10.1 Å². The van der Waals surface area contributed by atoms with Crippen LogP contribution in [0.5, 0.6) is 0 Å². The third kappa shape index (κ3) is 3.22. The fourth-order valence-corrected chi connectivity index (χ4v) is 3.86. The zero-order valence-corrected chi connectivity index (χ0v) is 15.2. The largest absolute Gasteiger partial charge is 0.453 e. The average Bonchev–Trinajstić information content (AvgIpc) is 3.36. The van der Waals surface area contributed by atoms with Gasteiger partial charge in [-0.25, -0.2) is 14.0 Å². The molecule has 28 heavy (non-hydrogen) atoms. The normalized spacial score (nSPS) is 13.6. The molecule has 0 bridgehead atoms. The summed E-state index contributed by atoms with van der Waals surface area (Å²) in [7, 11) is 0. The number of nitrogens with zero attached hydrogens (tertiary/aromatic N) is 1. The number of hydrogen-bond acceptors (Lipinski definition) is 7. The molecule has 0 atom stereocenters. The number of halogens is 1. The summed E-state index contributed by atoms with van der Waals surface area (Å²) in [5, 5.41) is 0.542. The van der Waals surface area contributed by atoms with E-state index in [9.17, 15) is 23.6 Å². The van der Waals surface area contributed by atoms with E-state index in [1.807, 2.05) is 0 Å². The molecule has 2 aromatic heterocycles. The van der Waals surface area contributed by atoms with Crippen molar-refractivity contribution in [2.45, 2.75) is 18.9 Å². The number of ether oxygens (including phenoxy) is 1. The predicted molar refractivity (Wildman–Crippen MR) is 100 cm³/mol. The lowest BCUT2D eigenvalue weighted by Gasteiger charge is -2.11. The molecule has 1 fully saturated rings. The predicted octanol–water partition coefficient (Wildman–Crippen LogP) is 1.85. The topological polar surface area (TPSA) is 124 Å².